The number of nitrogens with zero attached hydrogens (tertiary/aromatic N) is 5. The molecule has 6 heteroatoms. The average molecular weight is 1300 g/mol. The van der Waals surface area contributed by atoms with Crippen molar-refractivity contribution in [3.05, 3.63) is 416 Å². The van der Waals surface area contributed by atoms with Gasteiger partial charge in [-0.15, -0.1) is 0 Å². The smallest absolute Gasteiger partial charge is 0.131 e. The van der Waals surface area contributed by atoms with Crippen molar-refractivity contribution in [2.45, 2.75) is 31.6 Å². The van der Waals surface area contributed by atoms with Crippen molar-refractivity contribution < 1.29 is 4.74 Å². The van der Waals surface area contributed by atoms with E-state index in [1.807, 2.05) is 30.3 Å². The topological polar surface area (TPSA) is 25.4 Å². The first-order valence-electron chi connectivity index (χ1n) is 34.7. The SMILES string of the molecule is CC(C)(C)c1cc(N(c2ccccc2)c2ccccc2)cc(N(c2ccccc2)c2ccc3c(c2)N(c2ccccc2)c2cc(N(c4ccccc4)c4cc(Oc5ccccc5)cc(N(c5ccccc5)c5ccccc5-c5ccccc5)c4)ccc2C32c3ccccc3-c3ccccc32)c1. The van der Waals surface area contributed by atoms with Gasteiger partial charge in [-0.05, 0) is 189 Å². The number of para-hydroxylation sites is 8. The van der Waals surface area contributed by atoms with E-state index >= 15 is 0 Å². The average Bonchev–Trinajstić information content (AvgIpc) is 1.59. The third-order valence-corrected chi connectivity index (χ3v) is 19.7. The molecule has 0 aromatic heterocycles. The van der Waals surface area contributed by atoms with Gasteiger partial charge in [0.2, 0.25) is 0 Å². The van der Waals surface area contributed by atoms with E-state index in [2.05, 4.69) is 403 Å². The van der Waals surface area contributed by atoms with E-state index in [0.717, 1.165) is 102 Å². The van der Waals surface area contributed by atoms with Crippen LogP contribution in [0.3, 0.4) is 0 Å². The van der Waals surface area contributed by atoms with Gasteiger partial charge in [0, 0.05) is 74.6 Å². The molecular formula is C95H73N5O. The van der Waals surface area contributed by atoms with E-state index in [1.165, 1.54) is 38.9 Å². The fourth-order valence-electron chi connectivity index (χ4n) is 15.2. The molecule has 0 atom stereocenters. The highest BCUT2D eigenvalue weighted by molar-refractivity contribution is 6.00. The Bertz CT molecular complexity index is 5350. The number of anilines is 15. The molecule has 0 saturated heterocycles. The molecule has 15 aromatic rings. The summed E-state index contributed by atoms with van der Waals surface area (Å²) in [4.78, 5) is 12.1. The van der Waals surface area contributed by atoms with Gasteiger partial charge >= 0.3 is 0 Å². The molecule has 2 aliphatic rings. The second kappa shape index (κ2) is 26.2. The summed E-state index contributed by atoms with van der Waals surface area (Å²) in [5.74, 6) is 1.42. The zero-order chi connectivity index (χ0) is 67.9. The van der Waals surface area contributed by atoms with Crippen molar-refractivity contribution in [3.63, 3.8) is 0 Å². The predicted molar refractivity (Wildman–Crippen MR) is 421 cm³/mol. The zero-order valence-electron chi connectivity index (χ0n) is 56.6. The van der Waals surface area contributed by atoms with Crippen LogP contribution in [0.2, 0.25) is 0 Å². The lowest BCUT2D eigenvalue weighted by molar-refractivity contribution is 0.483. The zero-order valence-corrected chi connectivity index (χ0v) is 56.6. The van der Waals surface area contributed by atoms with Crippen LogP contribution in [0.4, 0.5) is 85.3 Å². The maximum Gasteiger partial charge on any atom is 0.131 e. The molecule has 484 valence electrons. The first-order valence-corrected chi connectivity index (χ1v) is 34.7. The van der Waals surface area contributed by atoms with Crippen molar-refractivity contribution in [1.29, 1.82) is 0 Å². The first-order chi connectivity index (χ1) is 49.7. The molecule has 0 N–H and O–H groups in total. The first kappa shape index (κ1) is 61.7. The molecule has 101 heavy (non-hydrogen) atoms. The highest BCUT2D eigenvalue weighted by atomic mass is 16.5. The van der Waals surface area contributed by atoms with E-state index in [1.54, 1.807) is 0 Å². The molecule has 0 amide bonds. The Morgan fingerprint density at radius 1 is 0.257 bits per heavy atom. The normalized spacial score (nSPS) is 12.4. The molecule has 0 unspecified atom stereocenters. The van der Waals surface area contributed by atoms with Gasteiger partial charge in [0.1, 0.15) is 11.5 Å². The Morgan fingerprint density at radius 3 is 1.05 bits per heavy atom. The van der Waals surface area contributed by atoms with Crippen LogP contribution in [0.25, 0.3) is 22.3 Å². The second-order valence-corrected chi connectivity index (χ2v) is 26.9. The predicted octanol–water partition coefficient (Wildman–Crippen LogP) is 26.5. The number of hydrogen-bond acceptors (Lipinski definition) is 6. The van der Waals surface area contributed by atoms with Crippen LogP contribution in [0.15, 0.2) is 388 Å². The molecule has 1 heterocycles. The van der Waals surface area contributed by atoms with Gasteiger partial charge in [0.25, 0.3) is 0 Å². The van der Waals surface area contributed by atoms with Crippen LogP contribution in [0.1, 0.15) is 48.6 Å². The van der Waals surface area contributed by atoms with E-state index in [0.29, 0.717) is 5.75 Å². The molecule has 6 nitrogen and oxygen atoms in total. The van der Waals surface area contributed by atoms with Gasteiger partial charge in [-0.25, -0.2) is 0 Å². The molecule has 0 radical (unpaired) electrons. The van der Waals surface area contributed by atoms with E-state index in [4.69, 9.17) is 4.74 Å². The summed E-state index contributed by atoms with van der Waals surface area (Å²) < 4.78 is 7.06. The largest absolute Gasteiger partial charge is 0.457 e. The van der Waals surface area contributed by atoms with Gasteiger partial charge < -0.3 is 29.2 Å². The number of rotatable bonds is 16. The number of hydrogen-bond donors (Lipinski definition) is 0. The van der Waals surface area contributed by atoms with Crippen LogP contribution in [0, 0.1) is 0 Å². The van der Waals surface area contributed by atoms with Crippen LogP contribution >= 0.6 is 0 Å². The van der Waals surface area contributed by atoms with Crippen LogP contribution in [-0.2, 0) is 10.8 Å². The summed E-state index contributed by atoms with van der Waals surface area (Å²) in [6.45, 7) is 6.95. The summed E-state index contributed by atoms with van der Waals surface area (Å²) in [6.07, 6.45) is 0. The lowest BCUT2D eigenvalue weighted by atomic mass is 9.64. The number of benzene rings is 15. The minimum absolute atomic E-state index is 0.219. The van der Waals surface area contributed by atoms with Crippen LogP contribution < -0.4 is 29.2 Å². The quantitative estimate of drug-likeness (QED) is 0.0956. The van der Waals surface area contributed by atoms with Crippen molar-refractivity contribution >= 4 is 85.3 Å². The van der Waals surface area contributed by atoms with Crippen LogP contribution in [-0.4, -0.2) is 0 Å². The molecule has 0 saturated carbocycles. The number of ether oxygens (including phenoxy) is 1. The molecule has 17 rings (SSSR count). The Hall–Kier alpha value is -12.9. The Labute approximate surface area is 592 Å². The van der Waals surface area contributed by atoms with E-state index in [9.17, 15) is 0 Å². The van der Waals surface area contributed by atoms with Gasteiger partial charge in [0.05, 0.1) is 33.9 Å². The maximum absolute atomic E-state index is 7.06. The Balaban J connectivity index is 0.922. The summed E-state index contributed by atoms with van der Waals surface area (Å²) in [6, 6.07) is 141. The van der Waals surface area contributed by atoms with Crippen LogP contribution in [0.5, 0.6) is 11.5 Å². The Kier molecular flexibility index (Phi) is 16.0. The lowest BCUT2D eigenvalue weighted by Gasteiger charge is -2.46. The van der Waals surface area contributed by atoms with Gasteiger partial charge in [-0.2, -0.15) is 0 Å². The molecule has 1 spiro atoms. The molecule has 0 bridgehead atoms. The summed E-state index contributed by atoms with van der Waals surface area (Å²) in [5, 5.41) is 0. The van der Waals surface area contributed by atoms with Crippen molar-refractivity contribution in [3.8, 4) is 33.8 Å². The fourth-order valence-corrected chi connectivity index (χ4v) is 15.2. The summed E-state index contributed by atoms with van der Waals surface area (Å²) in [7, 11) is 0. The number of fused-ring (bicyclic) bond motifs is 9. The van der Waals surface area contributed by atoms with Crippen molar-refractivity contribution in [2.75, 3.05) is 24.5 Å². The minimum atomic E-state index is -0.764. The second-order valence-electron chi connectivity index (χ2n) is 26.9. The molecular weight excluding hydrogens is 1230 g/mol. The maximum atomic E-state index is 7.06. The fraction of sp³-hybridized carbons (Fsp3) is 0.0526. The third kappa shape index (κ3) is 11.3. The summed E-state index contributed by atoms with van der Waals surface area (Å²) >= 11 is 0. The molecule has 1 aliphatic heterocycles. The third-order valence-electron chi connectivity index (χ3n) is 19.7. The highest BCUT2D eigenvalue weighted by Crippen LogP contribution is 2.65. The van der Waals surface area contributed by atoms with Gasteiger partial charge in [-0.1, -0.05) is 257 Å². The minimum Gasteiger partial charge on any atom is -0.457 e. The van der Waals surface area contributed by atoms with Crippen molar-refractivity contribution in [1.82, 2.24) is 0 Å². The van der Waals surface area contributed by atoms with E-state index < -0.39 is 5.41 Å². The van der Waals surface area contributed by atoms with Crippen molar-refractivity contribution in [2.24, 2.45) is 0 Å². The standard InChI is InChI=1S/C95H73N5O/c1-94(2,3)69-60-78(96(70-36-14-5-15-37-70)71-38-16-6-17-39-71)62-79(61-69)97(72-40-18-7-19-41-72)76-56-58-89-92(66-76)100(75-46-24-10-25-47-75)93-67-77(57-59-90(93)95(89)87-53-31-28-51-85(87)86-52-29-32-54-88(86)95)98(73-42-20-8-21-43-73)80-63-81(65-83(64-80)101-82-48-26-11-27-49-82)99(74-44-22-9-23-45-74)91-55-33-30-50-84(91)68-34-12-4-13-35-68/h4-67H,1-3H3. The molecule has 1 aliphatic carbocycles. The summed E-state index contributed by atoms with van der Waals surface area (Å²) in [5.41, 5.74) is 25.0. The molecule has 15 aromatic carbocycles. The van der Waals surface area contributed by atoms with Gasteiger partial charge in [0.15, 0.2) is 0 Å². The Morgan fingerprint density at radius 2 is 0.604 bits per heavy atom. The van der Waals surface area contributed by atoms with E-state index in [-0.39, 0.29) is 5.41 Å². The lowest BCUT2D eigenvalue weighted by Crippen LogP contribution is -2.36. The highest BCUT2D eigenvalue weighted by Gasteiger charge is 2.52. The molecule has 0 fully saturated rings. The van der Waals surface area contributed by atoms with Gasteiger partial charge in [-0.3, -0.25) is 0 Å². The monoisotopic (exact) mass is 1300 g/mol.